The second-order valence-electron chi connectivity index (χ2n) is 5.72. The molecule has 0 saturated heterocycles. The topological polar surface area (TPSA) is 43.1 Å². The summed E-state index contributed by atoms with van der Waals surface area (Å²) in [6.45, 7) is 9.09. The van der Waals surface area contributed by atoms with Crippen LogP contribution in [0.15, 0.2) is 0 Å². The van der Waals surface area contributed by atoms with Crippen molar-refractivity contribution in [3.05, 3.63) is 0 Å². The lowest BCUT2D eigenvalue weighted by atomic mass is 9.61. The van der Waals surface area contributed by atoms with Gasteiger partial charge in [-0.25, -0.2) is 0 Å². The maximum absolute atomic E-state index is 11.1. The zero-order chi connectivity index (χ0) is 10.9. The summed E-state index contributed by atoms with van der Waals surface area (Å²) in [4.78, 5) is 11.1. The lowest BCUT2D eigenvalue weighted by Crippen LogP contribution is -2.39. The van der Waals surface area contributed by atoms with Gasteiger partial charge in [0.1, 0.15) is 0 Å². The van der Waals surface area contributed by atoms with Crippen LogP contribution >= 0.6 is 0 Å². The molecule has 0 aromatic rings. The highest BCUT2D eigenvalue weighted by molar-refractivity contribution is 5.76. The van der Waals surface area contributed by atoms with Crippen LogP contribution in [0.2, 0.25) is 0 Å². The molecule has 1 aliphatic carbocycles. The molecule has 1 fully saturated rings. The third-order valence-electron chi connectivity index (χ3n) is 3.81. The molecule has 1 saturated carbocycles. The maximum Gasteiger partial charge on any atom is 0.220 e. The highest BCUT2D eigenvalue weighted by atomic mass is 16.1. The normalized spacial score (nSPS) is 31.8. The van der Waals surface area contributed by atoms with E-state index in [9.17, 15) is 4.79 Å². The van der Waals surface area contributed by atoms with Crippen LogP contribution < -0.4 is 5.73 Å². The second-order valence-corrected chi connectivity index (χ2v) is 5.72. The third-order valence-corrected chi connectivity index (χ3v) is 3.81. The molecular weight excluding hydrogens is 174 g/mol. The van der Waals surface area contributed by atoms with Gasteiger partial charge in [-0.1, -0.05) is 27.7 Å². The number of carbonyl (C=O) groups is 1. The van der Waals surface area contributed by atoms with Crippen molar-refractivity contribution in [3.8, 4) is 0 Å². The Bertz CT molecular complexity index is 220. The number of hydrogen-bond acceptors (Lipinski definition) is 1. The molecule has 14 heavy (non-hydrogen) atoms. The number of hydrogen-bond donors (Lipinski definition) is 1. The quantitative estimate of drug-likeness (QED) is 0.726. The summed E-state index contributed by atoms with van der Waals surface area (Å²) in [6, 6.07) is 0. The second kappa shape index (κ2) is 3.92. The van der Waals surface area contributed by atoms with Crippen molar-refractivity contribution in [2.45, 2.75) is 47.0 Å². The van der Waals surface area contributed by atoms with Crippen molar-refractivity contribution >= 4 is 5.91 Å². The van der Waals surface area contributed by atoms with E-state index < -0.39 is 0 Å². The van der Waals surface area contributed by atoms with E-state index in [2.05, 4.69) is 27.7 Å². The summed E-state index contributed by atoms with van der Waals surface area (Å²) >= 11 is 0. The maximum atomic E-state index is 11.1. The van der Waals surface area contributed by atoms with Gasteiger partial charge < -0.3 is 5.73 Å². The van der Waals surface area contributed by atoms with Gasteiger partial charge in [-0.3, -0.25) is 4.79 Å². The van der Waals surface area contributed by atoms with Crippen LogP contribution in [-0.2, 0) is 4.79 Å². The van der Waals surface area contributed by atoms with Gasteiger partial charge in [-0.2, -0.15) is 0 Å². The first kappa shape index (κ1) is 11.5. The average Bonchev–Trinajstić information content (AvgIpc) is 2.01. The first-order valence-electron chi connectivity index (χ1n) is 5.64. The van der Waals surface area contributed by atoms with Crippen molar-refractivity contribution < 1.29 is 4.79 Å². The predicted molar refractivity (Wildman–Crippen MR) is 58.6 cm³/mol. The Morgan fingerprint density at radius 2 is 1.93 bits per heavy atom. The van der Waals surface area contributed by atoms with E-state index in [0.717, 1.165) is 25.2 Å². The predicted octanol–water partition coefficient (Wildman–Crippen LogP) is 2.57. The van der Waals surface area contributed by atoms with E-state index in [1.807, 2.05) is 0 Å². The minimum Gasteiger partial charge on any atom is -0.369 e. The van der Waals surface area contributed by atoms with E-state index in [1.54, 1.807) is 0 Å². The van der Waals surface area contributed by atoms with Crippen LogP contribution in [0.5, 0.6) is 0 Å². The molecule has 1 rings (SSSR count). The molecule has 0 aromatic heterocycles. The number of amides is 1. The molecule has 82 valence electrons. The summed E-state index contributed by atoms with van der Waals surface area (Å²) in [7, 11) is 0. The molecule has 0 radical (unpaired) electrons. The van der Waals surface area contributed by atoms with Crippen LogP contribution in [0.3, 0.4) is 0 Å². The molecule has 0 aliphatic heterocycles. The SMILES string of the molecule is CC(C)C1CCC(C(N)=O)CC1(C)C. The Kier molecular flexibility index (Phi) is 3.23. The van der Waals surface area contributed by atoms with Crippen LogP contribution in [0, 0.1) is 23.2 Å². The van der Waals surface area contributed by atoms with Gasteiger partial charge >= 0.3 is 0 Å². The Balaban J connectivity index is 2.70. The minimum absolute atomic E-state index is 0.111. The minimum atomic E-state index is -0.111. The lowest BCUT2D eigenvalue weighted by molar-refractivity contribution is -0.125. The Morgan fingerprint density at radius 3 is 2.29 bits per heavy atom. The highest BCUT2D eigenvalue weighted by Gasteiger charge is 2.39. The van der Waals surface area contributed by atoms with Crippen molar-refractivity contribution in [2.75, 3.05) is 0 Å². The number of rotatable bonds is 2. The summed E-state index contributed by atoms with van der Waals surface area (Å²) < 4.78 is 0. The largest absolute Gasteiger partial charge is 0.369 e. The third kappa shape index (κ3) is 2.28. The molecular formula is C12H23NO. The highest BCUT2D eigenvalue weighted by Crippen LogP contribution is 2.46. The standard InChI is InChI=1S/C12H23NO/c1-8(2)10-6-5-9(11(13)14)7-12(10,3)4/h8-10H,5-7H2,1-4H3,(H2,13,14). The van der Waals surface area contributed by atoms with Gasteiger partial charge in [-0.05, 0) is 36.5 Å². The van der Waals surface area contributed by atoms with Crippen molar-refractivity contribution in [2.24, 2.45) is 28.9 Å². The van der Waals surface area contributed by atoms with E-state index >= 15 is 0 Å². The molecule has 2 N–H and O–H groups in total. The van der Waals surface area contributed by atoms with Gasteiger partial charge in [0, 0.05) is 5.92 Å². The van der Waals surface area contributed by atoms with Crippen LogP contribution in [0.25, 0.3) is 0 Å². The average molecular weight is 197 g/mol. The van der Waals surface area contributed by atoms with Gasteiger partial charge in [0.05, 0.1) is 0 Å². The zero-order valence-electron chi connectivity index (χ0n) is 9.84. The Morgan fingerprint density at radius 1 is 1.36 bits per heavy atom. The van der Waals surface area contributed by atoms with E-state index in [1.165, 1.54) is 0 Å². The van der Waals surface area contributed by atoms with Gasteiger partial charge in [-0.15, -0.1) is 0 Å². The van der Waals surface area contributed by atoms with Gasteiger partial charge in [0.2, 0.25) is 5.91 Å². The fraction of sp³-hybridized carbons (Fsp3) is 0.917. The van der Waals surface area contributed by atoms with Crippen LogP contribution in [0.4, 0.5) is 0 Å². The summed E-state index contributed by atoms with van der Waals surface area (Å²) in [6.07, 6.45) is 3.10. The lowest BCUT2D eigenvalue weighted by Gasteiger charge is -2.43. The summed E-state index contributed by atoms with van der Waals surface area (Å²) in [5, 5.41) is 0. The van der Waals surface area contributed by atoms with Gasteiger partial charge in [0.25, 0.3) is 0 Å². The van der Waals surface area contributed by atoms with E-state index in [0.29, 0.717) is 5.92 Å². The molecule has 1 amide bonds. The van der Waals surface area contributed by atoms with Crippen molar-refractivity contribution in [1.82, 2.24) is 0 Å². The zero-order valence-corrected chi connectivity index (χ0v) is 9.84. The number of carbonyl (C=O) groups excluding carboxylic acids is 1. The van der Waals surface area contributed by atoms with Crippen molar-refractivity contribution in [3.63, 3.8) is 0 Å². The van der Waals surface area contributed by atoms with Crippen LogP contribution in [0.1, 0.15) is 47.0 Å². The molecule has 0 aromatic carbocycles. The Hall–Kier alpha value is -0.530. The molecule has 2 unspecified atom stereocenters. The van der Waals surface area contributed by atoms with E-state index in [4.69, 9.17) is 5.73 Å². The molecule has 0 spiro atoms. The van der Waals surface area contributed by atoms with Crippen molar-refractivity contribution in [1.29, 1.82) is 0 Å². The first-order valence-corrected chi connectivity index (χ1v) is 5.64. The monoisotopic (exact) mass is 197 g/mol. The molecule has 2 atom stereocenters. The number of nitrogens with two attached hydrogens (primary N) is 1. The smallest absolute Gasteiger partial charge is 0.220 e. The molecule has 1 aliphatic rings. The summed E-state index contributed by atoms with van der Waals surface area (Å²) in [5.41, 5.74) is 5.64. The first-order chi connectivity index (χ1) is 6.34. The molecule has 0 heterocycles. The fourth-order valence-electron chi connectivity index (χ4n) is 3.14. The number of primary amides is 1. The van der Waals surface area contributed by atoms with E-state index in [-0.39, 0.29) is 17.2 Å². The van der Waals surface area contributed by atoms with Gasteiger partial charge in [0.15, 0.2) is 0 Å². The summed E-state index contributed by atoms with van der Waals surface area (Å²) in [5.74, 6) is 1.44. The molecule has 2 nitrogen and oxygen atoms in total. The van der Waals surface area contributed by atoms with Crippen LogP contribution in [-0.4, -0.2) is 5.91 Å². The molecule has 2 heteroatoms. The molecule has 0 bridgehead atoms. The Labute approximate surface area is 87.2 Å². The fourth-order valence-corrected chi connectivity index (χ4v) is 3.14.